The van der Waals surface area contributed by atoms with E-state index in [2.05, 4.69) is 113 Å². The molecule has 0 radical (unpaired) electrons. The maximum Gasteiger partial charge on any atom is 0.250 e. The van der Waals surface area contributed by atoms with Crippen LogP contribution in [0.1, 0.15) is 86.3 Å². The van der Waals surface area contributed by atoms with Crippen molar-refractivity contribution in [1.82, 2.24) is 0 Å². The molecule has 1 aromatic carbocycles. The van der Waals surface area contributed by atoms with Crippen LogP contribution in [0.2, 0.25) is 36.3 Å². The van der Waals surface area contributed by atoms with Gasteiger partial charge < -0.3 is 13.6 Å². The van der Waals surface area contributed by atoms with Crippen molar-refractivity contribution >= 4 is 16.6 Å². The minimum absolute atomic E-state index is 0.107. The predicted octanol–water partition coefficient (Wildman–Crippen LogP) is 9.84. The Kier molecular flexibility index (Phi) is 11.1. The first kappa shape index (κ1) is 31.7. The number of rotatable bonds is 11. The topological polar surface area (TPSA) is 27.7 Å². The smallest absolute Gasteiger partial charge is 0.250 e. The summed E-state index contributed by atoms with van der Waals surface area (Å²) in [4.78, 5) is 0. The minimum Gasteiger partial charge on any atom is -0.541 e. The van der Waals surface area contributed by atoms with Crippen molar-refractivity contribution in [3.63, 3.8) is 0 Å². The summed E-state index contributed by atoms with van der Waals surface area (Å²) >= 11 is 0. The fourth-order valence-corrected chi connectivity index (χ4v) is 5.10. The highest BCUT2D eigenvalue weighted by Crippen LogP contribution is 2.43. The van der Waals surface area contributed by atoms with Crippen LogP contribution < -0.4 is 9.16 Å². The molecule has 35 heavy (non-hydrogen) atoms. The molecule has 0 atom stereocenters. The van der Waals surface area contributed by atoms with E-state index in [4.69, 9.17) is 13.6 Å². The van der Waals surface area contributed by atoms with Crippen molar-refractivity contribution in [2.75, 3.05) is 7.11 Å². The zero-order valence-electron chi connectivity index (χ0n) is 25.4. The third-order valence-corrected chi connectivity index (χ3v) is 16.5. The van der Waals surface area contributed by atoms with E-state index in [-0.39, 0.29) is 10.1 Å². The first-order valence-electron chi connectivity index (χ1n) is 13.1. The van der Waals surface area contributed by atoms with Gasteiger partial charge in [-0.1, -0.05) is 64.8 Å². The second kappa shape index (κ2) is 12.3. The molecular formula is C30H54O3Si2. The minimum atomic E-state index is -2.04. The predicted molar refractivity (Wildman–Crippen MR) is 159 cm³/mol. The third-order valence-electron chi connectivity index (χ3n) is 7.74. The lowest BCUT2D eigenvalue weighted by Gasteiger charge is -2.38. The van der Waals surface area contributed by atoms with Gasteiger partial charge in [0.15, 0.2) is 14.1 Å². The molecule has 0 N–H and O–H groups in total. The summed E-state index contributed by atoms with van der Waals surface area (Å²) < 4.78 is 19.3. The largest absolute Gasteiger partial charge is 0.541 e. The standard InChI is InChI=1S/C30H54O3Si2/c1-23(2)16-15-17-24(3)18-19-26-20-25(22-32-34(11,12)29(4,5)6)21-27(31-10)28(26)33-35(13,14)30(7,8)9/h16,18,20-21H,15,17,19,22H2,1-14H3. The van der Waals surface area contributed by atoms with Crippen LogP contribution in [0.25, 0.3) is 0 Å². The number of hydrogen-bond donors (Lipinski definition) is 0. The molecule has 0 fully saturated rings. The van der Waals surface area contributed by atoms with Gasteiger partial charge >= 0.3 is 0 Å². The number of methoxy groups -OCH3 is 1. The zero-order chi connectivity index (χ0) is 27.2. The van der Waals surface area contributed by atoms with E-state index in [0.717, 1.165) is 36.3 Å². The Hall–Kier alpha value is -1.31. The molecule has 0 saturated heterocycles. The molecule has 0 bridgehead atoms. The fraction of sp³-hybridized carbons (Fsp3) is 0.667. The van der Waals surface area contributed by atoms with E-state index >= 15 is 0 Å². The first-order chi connectivity index (χ1) is 15.8. The van der Waals surface area contributed by atoms with Gasteiger partial charge in [0, 0.05) is 5.56 Å². The highest BCUT2D eigenvalue weighted by atomic mass is 28.4. The Morgan fingerprint density at radius 1 is 0.857 bits per heavy atom. The maximum absolute atomic E-state index is 6.86. The van der Waals surface area contributed by atoms with Crippen LogP contribution in [0.15, 0.2) is 35.4 Å². The van der Waals surface area contributed by atoms with Crippen LogP contribution >= 0.6 is 0 Å². The molecule has 0 aliphatic carbocycles. The average molecular weight is 519 g/mol. The molecule has 0 aromatic heterocycles. The summed E-state index contributed by atoms with van der Waals surface area (Å²) in [6, 6.07) is 4.39. The molecule has 0 heterocycles. The van der Waals surface area contributed by atoms with Crippen LogP contribution in [0, 0.1) is 0 Å². The number of benzene rings is 1. The van der Waals surface area contributed by atoms with Crippen LogP contribution in [0.4, 0.5) is 0 Å². The fourth-order valence-electron chi connectivity index (χ4n) is 3.09. The summed E-state index contributed by atoms with van der Waals surface area (Å²) in [5.74, 6) is 1.72. The third kappa shape index (κ3) is 9.58. The lowest BCUT2D eigenvalue weighted by molar-refractivity contribution is 0.275. The quantitative estimate of drug-likeness (QED) is 0.215. The highest BCUT2D eigenvalue weighted by molar-refractivity contribution is 6.75. The van der Waals surface area contributed by atoms with E-state index in [0.29, 0.717) is 6.61 Å². The molecule has 5 heteroatoms. The molecule has 0 aliphatic rings. The molecule has 0 saturated carbocycles. The van der Waals surface area contributed by atoms with Crippen LogP contribution in [-0.4, -0.2) is 23.7 Å². The highest BCUT2D eigenvalue weighted by Gasteiger charge is 2.40. The number of hydrogen-bond acceptors (Lipinski definition) is 3. The van der Waals surface area contributed by atoms with E-state index < -0.39 is 16.6 Å². The Labute approximate surface area is 219 Å². The summed E-state index contributed by atoms with van der Waals surface area (Å²) in [5.41, 5.74) is 5.12. The van der Waals surface area contributed by atoms with Crippen LogP contribution in [-0.2, 0) is 17.5 Å². The second-order valence-corrected chi connectivity index (χ2v) is 22.8. The summed E-state index contributed by atoms with van der Waals surface area (Å²) in [6.45, 7) is 30.0. The van der Waals surface area contributed by atoms with Crippen LogP contribution in [0.5, 0.6) is 11.5 Å². The maximum atomic E-state index is 6.86. The van der Waals surface area contributed by atoms with Gasteiger partial charge in [-0.05, 0) is 94.0 Å². The van der Waals surface area contributed by atoms with E-state index in [9.17, 15) is 0 Å². The Morgan fingerprint density at radius 3 is 1.91 bits per heavy atom. The summed E-state index contributed by atoms with van der Waals surface area (Å²) in [7, 11) is -2.14. The van der Waals surface area contributed by atoms with E-state index in [1.54, 1.807) is 7.11 Å². The Bertz CT molecular complexity index is 893. The Balaban J connectivity index is 3.40. The van der Waals surface area contributed by atoms with Crippen molar-refractivity contribution in [1.29, 1.82) is 0 Å². The lowest BCUT2D eigenvalue weighted by Crippen LogP contribution is -2.44. The van der Waals surface area contributed by atoms with E-state index in [1.807, 2.05) is 0 Å². The summed E-state index contributed by atoms with van der Waals surface area (Å²) in [6.07, 6.45) is 7.65. The van der Waals surface area contributed by atoms with E-state index in [1.165, 1.54) is 16.7 Å². The van der Waals surface area contributed by atoms with Crippen molar-refractivity contribution in [3.8, 4) is 11.5 Å². The van der Waals surface area contributed by atoms with Crippen molar-refractivity contribution in [3.05, 3.63) is 46.6 Å². The lowest BCUT2D eigenvalue weighted by atomic mass is 10.0. The molecule has 1 rings (SSSR count). The van der Waals surface area contributed by atoms with Gasteiger partial charge in [0.25, 0.3) is 8.32 Å². The summed E-state index contributed by atoms with van der Waals surface area (Å²) in [5, 5.41) is 0.284. The Morgan fingerprint density at radius 2 is 1.43 bits per heavy atom. The van der Waals surface area contributed by atoms with Crippen molar-refractivity contribution < 1.29 is 13.6 Å². The van der Waals surface area contributed by atoms with Gasteiger partial charge in [0.2, 0.25) is 0 Å². The first-order valence-corrected chi connectivity index (χ1v) is 18.9. The van der Waals surface area contributed by atoms with Crippen molar-refractivity contribution in [2.24, 2.45) is 0 Å². The second-order valence-electron chi connectivity index (χ2n) is 13.3. The number of allylic oxidation sites excluding steroid dienone is 4. The van der Waals surface area contributed by atoms with Gasteiger partial charge in [-0.2, -0.15) is 0 Å². The monoisotopic (exact) mass is 518 g/mol. The SMILES string of the molecule is COc1cc(CO[Si](C)(C)C(C)(C)C)cc(CC=C(C)CCC=C(C)C)c1O[Si](C)(C)C(C)(C)C. The van der Waals surface area contributed by atoms with Crippen molar-refractivity contribution in [2.45, 2.75) is 124 Å². The van der Waals surface area contributed by atoms with Gasteiger partial charge in [0.05, 0.1) is 13.7 Å². The molecule has 0 unspecified atom stereocenters. The normalized spacial score (nSPS) is 13.6. The number of ether oxygens (including phenoxy) is 1. The van der Waals surface area contributed by atoms with Crippen LogP contribution in [0.3, 0.4) is 0 Å². The molecule has 0 aliphatic heterocycles. The zero-order valence-corrected chi connectivity index (χ0v) is 27.4. The molecule has 0 amide bonds. The van der Waals surface area contributed by atoms with Gasteiger partial charge in [-0.3, -0.25) is 0 Å². The molecule has 1 aromatic rings. The average Bonchev–Trinajstić information content (AvgIpc) is 2.69. The molecule has 3 nitrogen and oxygen atoms in total. The molecule has 0 spiro atoms. The molecule has 200 valence electrons. The van der Waals surface area contributed by atoms with Gasteiger partial charge in [-0.15, -0.1) is 0 Å². The van der Waals surface area contributed by atoms with Gasteiger partial charge in [0.1, 0.15) is 5.75 Å². The van der Waals surface area contributed by atoms with Gasteiger partial charge in [-0.25, -0.2) is 0 Å². The molecular weight excluding hydrogens is 464 g/mol.